The molecule has 0 spiro atoms. The predicted molar refractivity (Wildman–Crippen MR) is 108 cm³/mol. The van der Waals surface area contributed by atoms with Gasteiger partial charge in [-0.2, -0.15) is 0 Å². The van der Waals surface area contributed by atoms with E-state index in [2.05, 4.69) is 4.72 Å². The molecule has 0 aromatic heterocycles. The van der Waals surface area contributed by atoms with Crippen LogP contribution in [0, 0.1) is 0 Å². The lowest BCUT2D eigenvalue weighted by molar-refractivity contribution is 0.0742. The number of amides is 1. The molecule has 1 N–H and O–H groups in total. The van der Waals surface area contributed by atoms with E-state index in [4.69, 9.17) is 16.3 Å². The molecular weight excluding hydrogens is 400 g/mol. The molecule has 1 atom stereocenters. The van der Waals surface area contributed by atoms with Gasteiger partial charge < -0.3 is 9.64 Å². The second kappa shape index (κ2) is 8.11. The van der Waals surface area contributed by atoms with Gasteiger partial charge in [0.15, 0.2) is 0 Å². The maximum Gasteiger partial charge on any atom is 0.254 e. The van der Waals surface area contributed by atoms with Crippen LogP contribution in [0.4, 0.5) is 0 Å². The highest BCUT2D eigenvalue weighted by molar-refractivity contribution is 7.89. The number of halogens is 1. The van der Waals surface area contributed by atoms with E-state index in [-0.39, 0.29) is 34.2 Å². The quantitative estimate of drug-likeness (QED) is 0.739. The fraction of sp³-hybridized carbons (Fsp3) is 0.350. The molecule has 6 nitrogen and oxygen atoms in total. The topological polar surface area (TPSA) is 75.7 Å². The van der Waals surface area contributed by atoms with Crippen molar-refractivity contribution in [1.29, 1.82) is 0 Å². The van der Waals surface area contributed by atoms with Gasteiger partial charge >= 0.3 is 0 Å². The average molecular weight is 423 g/mol. The van der Waals surface area contributed by atoms with E-state index in [1.54, 1.807) is 30.1 Å². The van der Waals surface area contributed by atoms with E-state index in [1.165, 1.54) is 19.2 Å². The van der Waals surface area contributed by atoms with Crippen molar-refractivity contribution in [3.05, 3.63) is 58.6 Å². The van der Waals surface area contributed by atoms with Crippen LogP contribution < -0.4 is 9.46 Å². The Labute approximate surface area is 170 Å². The predicted octanol–water partition coefficient (Wildman–Crippen LogP) is 3.62. The number of nitrogens with zero attached hydrogens (tertiary/aromatic N) is 1. The van der Waals surface area contributed by atoms with Gasteiger partial charge in [-0.25, -0.2) is 13.1 Å². The van der Waals surface area contributed by atoms with Crippen molar-refractivity contribution in [3.8, 4) is 5.75 Å². The Morgan fingerprint density at radius 1 is 1.25 bits per heavy atom. The minimum Gasteiger partial charge on any atom is -0.495 e. The van der Waals surface area contributed by atoms with Crippen LogP contribution in [0.5, 0.6) is 5.75 Å². The molecule has 2 aromatic rings. The highest BCUT2D eigenvalue weighted by Gasteiger charge is 2.31. The van der Waals surface area contributed by atoms with Crippen molar-refractivity contribution >= 4 is 27.5 Å². The molecule has 0 heterocycles. The number of nitrogens with one attached hydrogen (secondary N) is 1. The molecule has 2 aromatic carbocycles. The summed E-state index contributed by atoms with van der Waals surface area (Å²) in [6.07, 6.45) is 1.64. The summed E-state index contributed by atoms with van der Waals surface area (Å²) in [4.78, 5) is 14.5. The molecule has 1 aliphatic carbocycles. The Kier molecular flexibility index (Phi) is 5.98. The van der Waals surface area contributed by atoms with Gasteiger partial charge in [0, 0.05) is 23.7 Å². The first-order valence-corrected chi connectivity index (χ1v) is 10.8. The number of methoxy groups -OCH3 is 1. The zero-order valence-electron chi connectivity index (χ0n) is 16.0. The minimum atomic E-state index is -3.76. The van der Waals surface area contributed by atoms with E-state index in [1.807, 2.05) is 19.1 Å². The molecule has 1 aliphatic rings. The van der Waals surface area contributed by atoms with Crippen molar-refractivity contribution in [2.24, 2.45) is 0 Å². The summed E-state index contributed by atoms with van der Waals surface area (Å²) in [7, 11) is -0.684. The van der Waals surface area contributed by atoms with Gasteiger partial charge in [-0.15, -0.1) is 0 Å². The zero-order valence-corrected chi connectivity index (χ0v) is 17.5. The molecule has 1 unspecified atom stereocenters. The van der Waals surface area contributed by atoms with Crippen LogP contribution in [-0.4, -0.2) is 39.4 Å². The van der Waals surface area contributed by atoms with Crippen LogP contribution in [0.25, 0.3) is 0 Å². The lowest BCUT2D eigenvalue weighted by atomic mass is 10.1. The molecule has 0 saturated heterocycles. The highest BCUT2D eigenvalue weighted by atomic mass is 35.5. The van der Waals surface area contributed by atoms with Crippen molar-refractivity contribution in [2.45, 2.75) is 36.7 Å². The summed E-state index contributed by atoms with van der Waals surface area (Å²) < 4.78 is 33.2. The van der Waals surface area contributed by atoms with Crippen LogP contribution in [-0.2, 0) is 10.0 Å². The van der Waals surface area contributed by atoms with E-state index in [0.717, 1.165) is 18.4 Å². The number of carbonyl (C=O) groups is 1. The van der Waals surface area contributed by atoms with Gasteiger partial charge in [0.1, 0.15) is 10.6 Å². The van der Waals surface area contributed by atoms with Gasteiger partial charge in [0.2, 0.25) is 10.0 Å². The summed E-state index contributed by atoms with van der Waals surface area (Å²) in [5.41, 5.74) is 1.16. The Hall–Kier alpha value is -2.09. The van der Waals surface area contributed by atoms with E-state index in [0.29, 0.717) is 5.02 Å². The van der Waals surface area contributed by atoms with Crippen LogP contribution in [0.1, 0.15) is 41.7 Å². The van der Waals surface area contributed by atoms with E-state index in [9.17, 15) is 13.2 Å². The van der Waals surface area contributed by atoms with Crippen molar-refractivity contribution in [3.63, 3.8) is 0 Å². The zero-order chi connectivity index (χ0) is 20.5. The Morgan fingerprint density at radius 2 is 1.96 bits per heavy atom. The Morgan fingerprint density at radius 3 is 2.57 bits per heavy atom. The number of sulfonamides is 1. The lowest BCUT2D eigenvalue weighted by Crippen LogP contribution is -2.30. The average Bonchev–Trinajstić information content (AvgIpc) is 3.49. The molecule has 150 valence electrons. The van der Waals surface area contributed by atoms with Crippen LogP contribution in [0.15, 0.2) is 47.4 Å². The van der Waals surface area contributed by atoms with Gasteiger partial charge in [-0.3, -0.25) is 4.79 Å². The normalized spacial score (nSPS) is 15.1. The summed E-state index contributed by atoms with van der Waals surface area (Å²) in [6, 6.07) is 11.5. The number of rotatable bonds is 7. The standard InChI is InChI=1S/C20H23ClN2O4S/c1-13(14-5-4-6-16(21)11-14)23(2)20(24)15-7-10-18(27-3)19(12-15)28(25,26)22-17-8-9-17/h4-7,10-13,17,22H,8-9H2,1-3H3. The molecule has 1 amide bonds. The fourth-order valence-corrected chi connectivity index (χ4v) is 4.57. The van der Waals surface area contributed by atoms with Crippen LogP contribution >= 0.6 is 11.6 Å². The number of hydrogen-bond acceptors (Lipinski definition) is 4. The minimum absolute atomic E-state index is 0.0310. The maximum atomic E-state index is 13.0. The van der Waals surface area contributed by atoms with Gasteiger partial charge in [0.05, 0.1) is 13.2 Å². The summed E-state index contributed by atoms with van der Waals surface area (Å²) in [5, 5.41) is 0.592. The molecule has 28 heavy (non-hydrogen) atoms. The second-order valence-corrected chi connectivity index (χ2v) is 9.03. The smallest absolute Gasteiger partial charge is 0.254 e. The van der Waals surface area contributed by atoms with Crippen molar-refractivity contribution in [2.75, 3.05) is 14.2 Å². The number of benzene rings is 2. The van der Waals surface area contributed by atoms with Gasteiger partial charge in [-0.05, 0) is 55.7 Å². The lowest BCUT2D eigenvalue weighted by Gasteiger charge is -2.26. The molecular formula is C20H23ClN2O4S. The third-order valence-electron chi connectivity index (χ3n) is 4.83. The molecule has 0 bridgehead atoms. The SMILES string of the molecule is COc1ccc(C(=O)N(C)C(C)c2cccc(Cl)c2)cc1S(=O)(=O)NC1CC1. The van der Waals surface area contributed by atoms with E-state index < -0.39 is 10.0 Å². The molecule has 3 rings (SSSR count). The molecule has 1 fully saturated rings. The molecule has 0 radical (unpaired) electrons. The van der Waals surface area contributed by atoms with Gasteiger partial charge in [0.25, 0.3) is 5.91 Å². The van der Waals surface area contributed by atoms with Crippen LogP contribution in [0.2, 0.25) is 5.02 Å². The number of carbonyl (C=O) groups excluding carboxylic acids is 1. The maximum absolute atomic E-state index is 13.0. The third kappa shape index (κ3) is 4.48. The summed E-state index contributed by atoms with van der Waals surface area (Å²) >= 11 is 6.05. The van der Waals surface area contributed by atoms with Crippen molar-refractivity contribution in [1.82, 2.24) is 9.62 Å². The third-order valence-corrected chi connectivity index (χ3v) is 6.61. The molecule has 0 aliphatic heterocycles. The molecule has 1 saturated carbocycles. The Balaban J connectivity index is 1.90. The van der Waals surface area contributed by atoms with Crippen molar-refractivity contribution < 1.29 is 17.9 Å². The fourth-order valence-electron chi connectivity index (χ4n) is 2.87. The first-order chi connectivity index (χ1) is 13.2. The largest absolute Gasteiger partial charge is 0.495 e. The number of ether oxygens (including phenoxy) is 1. The summed E-state index contributed by atoms with van der Waals surface area (Å²) in [6.45, 7) is 1.89. The van der Waals surface area contributed by atoms with Crippen LogP contribution in [0.3, 0.4) is 0 Å². The second-order valence-electron chi connectivity index (χ2n) is 6.91. The van der Waals surface area contributed by atoms with E-state index >= 15 is 0 Å². The number of hydrogen-bond donors (Lipinski definition) is 1. The molecule has 8 heteroatoms. The highest BCUT2D eigenvalue weighted by Crippen LogP contribution is 2.30. The first kappa shape index (κ1) is 20.6. The summed E-state index contributed by atoms with van der Waals surface area (Å²) in [5.74, 6) is -0.0896. The monoisotopic (exact) mass is 422 g/mol. The first-order valence-electron chi connectivity index (χ1n) is 8.96. The Bertz CT molecular complexity index is 989. The van der Waals surface area contributed by atoms with Gasteiger partial charge in [-0.1, -0.05) is 23.7 Å².